The number of nitrogens with one attached hydrogen (secondary N) is 1. The average Bonchev–Trinajstić information content (AvgIpc) is 2.37. The van der Waals surface area contributed by atoms with Crippen molar-refractivity contribution in [2.75, 3.05) is 6.61 Å². The predicted octanol–water partition coefficient (Wildman–Crippen LogP) is 1.94. The molecule has 0 fully saturated rings. The summed E-state index contributed by atoms with van der Waals surface area (Å²) < 4.78 is 5.44. The van der Waals surface area contributed by atoms with Crippen LogP contribution in [0.5, 0.6) is 5.75 Å². The molecular formula is C14H20N2O5. The Morgan fingerprint density at radius 1 is 1.43 bits per heavy atom. The zero-order chi connectivity index (χ0) is 16.0. The lowest BCUT2D eigenvalue weighted by molar-refractivity contribution is -0.385. The number of rotatable bonds is 7. The van der Waals surface area contributed by atoms with Gasteiger partial charge in [0.2, 0.25) is 5.91 Å². The molecule has 1 amide bonds. The van der Waals surface area contributed by atoms with E-state index >= 15 is 0 Å². The Labute approximate surface area is 123 Å². The van der Waals surface area contributed by atoms with Gasteiger partial charge in [-0.2, -0.15) is 0 Å². The van der Waals surface area contributed by atoms with Gasteiger partial charge in [-0.3, -0.25) is 14.9 Å². The van der Waals surface area contributed by atoms with Gasteiger partial charge < -0.3 is 15.2 Å². The number of hydrogen-bond donors (Lipinski definition) is 2. The second kappa shape index (κ2) is 7.58. The molecule has 0 saturated carbocycles. The highest BCUT2D eigenvalue weighted by Gasteiger charge is 2.15. The van der Waals surface area contributed by atoms with E-state index in [-0.39, 0.29) is 30.7 Å². The highest BCUT2D eigenvalue weighted by Crippen LogP contribution is 2.29. The summed E-state index contributed by atoms with van der Waals surface area (Å²) in [5.41, 5.74) is 0.212. The quantitative estimate of drug-likeness (QED) is 0.591. The Bertz CT molecular complexity index is 514. The summed E-state index contributed by atoms with van der Waals surface area (Å²) in [6.45, 7) is 5.36. The molecule has 0 bridgehead atoms. The first-order valence-corrected chi connectivity index (χ1v) is 6.69. The Kier molecular flexibility index (Phi) is 6.10. The number of nitro groups is 1. The second-order valence-electron chi connectivity index (χ2n) is 4.98. The molecule has 0 aromatic heterocycles. The summed E-state index contributed by atoms with van der Waals surface area (Å²) in [5, 5.41) is 23.1. The highest BCUT2D eigenvalue weighted by molar-refractivity contribution is 5.76. The highest BCUT2D eigenvalue weighted by atomic mass is 16.6. The molecule has 0 unspecified atom stereocenters. The summed E-state index contributed by atoms with van der Waals surface area (Å²) in [6, 6.07) is 4.06. The first-order chi connectivity index (χ1) is 9.81. The van der Waals surface area contributed by atoms with E-state index in [1.54, 1.807) is 0 Å². The molecule has 1 aromatic rings. The van der Waals surface area contributed by atoms with Crippen LogP contribution in [0, 0.1) is 10.1 Å². The molecule has 116 valence electrons. The number of nitrogens with zero attached hydrogens (tertiary/aromatic N) is 1. The summed E-state index contributed by atoms with van der Waals surface area (Å²) in [4.78, 5) is 21.7. The number of aliphatic hydroxyl groups is 1. The molecule has 0 aliphatic carbocycles. The third-order valence-electron chi connectivity index (χ3n) is 2.69. The van der Waals surface area contributed by atoms with Crippen LogP contribution in [0.3, 0.4) is 0 Å². The lowest BCUT2D eigenvalue weighted by atomic mass is 10.1. The number of amides is 1. The molecule has 0 heterocycles. The van der Waals surface area contributed by atoms with Gasteiger partial charge in [0.1, 0.15) is 5.75 Å². The standard InChI is InChI=1S/C14H20N2O5/c1-9(2)15-14(18)6-7-21-13-5-4-11(16(19)20)8-12(13)10(3)17/h4-5,8-10,17H,6-7H2,1-3H3,(H,15,18)/t10-/m1/s1. The lowest BCUT2D eigenvalue weighted by Crippen LogP contribution is -2.31. The smallest absolute Gasteiger partial charge is 0.270 e. The van der Waals surface area contributed by atoms with Crippen molar-refractivity contribution < 1.29 is 19.6 Å². The van der Waals surface area contributed by atoms with Crippen LogP contribution < -0.4 is 10.1 Å². The fraction of sp³-hybridized carbons (Fsp3) is 0.500. The van der Waals surface area contributed by atoms with Crippen molar-refractivity contribution in [1.82, 2.24) is 5.32 Å². The van der Waals surface area contributed by atoms with Crippen molar-refractivity contribution in [3.8, 4) is 5.75 Å². The predicted molar refractivity (Wildman–Crippen MR) is 77.1 cm³/mol. The van der Waals surface area contributed by atoms with Gasteiger partial charge in [0, 0.05) is 23.7 Å². The summed E-state index contributed by atoms with van der Waals surface area (Å²) in [6.07, 6.45) is -0.724. The van der Waals surface area contributed by atoms with Crippen LogP contribution in [-0.4, -0.2) is 28.6 Å². The van der Waals surface area contributed by atoms with Gasteiger partial charge in [-0.25, -0.2) is 0 Å². The summed E-state index contributed by atoms with van der Waals surface area (Å²) in [5.74, 6) is 0.207. The minimum absolute atomic E-state index is 0.0601. The number of aliphatic hydroxyl groups excluding tert-OH is 1. The average molecular weight is 296 g/mol. The lowest BCUT2D eigenvalue weighted by Gasteiger charge is -2.13. The van der Waals surface area contributed by atoms with E-state index in [1.807, 2.05) is 13.8 Å². The van der Waals surface area contributed by atoms with Crippen LogP contribution in [0.1, 0.15) is 38.9 Å². The van der Waals surface area contributed by atoms with Crippen molar-refractivity contribution in [2.45, 2.75) is 39.3 Å². The largest absolute Gasteiger partial charge is 0.493 e. The molecule has 1 rings (SSSR count). The first kappa shape index (κ1) is 16.9. The van der Waals surface area contributed by atoms with Gasteiger partial charge in [0.15, 0.2) is 0 Å². The van der Waals surface area contributed by atoms with E-state index in [1.165, 1.54) is 25.1 Å². The second-order valence-corrected chi connectivity index (χ2v) is 4.98. The van der Waals surface area contributed by atoms with Gasteiger partial charge in [-0.15, -0.1) is 0 Å². The van der Waals surface area contributed by atoms with Crippen molar-refractivity contribution in [3.63, 3.8) is 0 Å². The summed E-state index contributed by atoms with van der Waals surface area (Å²) in [7, 11) is 0. The number of nitro benzene ring substituents is 1. The Morgan fingerprint density at radius 3 is 2.62 bits per heavy atom. The maximum absolute atomic E-state index is 11.5. The van der Waals surface area contributed by atoms with Gasteiger partial charge in [-0.1, -0.05) is 0 Å². The number of carbonyl (C=O) groups is 1. The number of carbonyl (C=O) groups excluding carboxylic acids is 1. The van der Waals surface area contributed by atoms with E-state index < -0.39 is 11.0 Å². The third-order valence-corrected chi connectivity index (χ3v) is 2.69. The van der Waals surface area contributed by atoms with Gasteiger partial charge in [0.05, 0.1) is 24.1 Å². The molecule has 0 spiro atoms. The van der Waals surface area contributed by atoms with Crippen LogP contribution >= 0.6 is 0 Å². The maximum atomic E-state index is 11.5. The van der Waals surface area contributed by atoms with Crippen LogP contribution in [0.25, 0.3) is 0 Å². The molecule has 2 N–H and O–H groups in total. The fourth-order valence-corrected chi connectivity index (χ4v) is 1.76. The molecule has 0 aliphatic heterocycles. The SMILES string of the molecule is CC(C)NC(=O)CCOc1ccc([N+](=O)[O-])cc1[C@@H](C)O. The van der Waals surface area contributed by atoms with E-state index in [0.717, 1.165) is 0 Å². The zero-order valence-electron chi connectivity index (χ0n) is 12.3. The van der Waals surface area contributed by atoms with Crippen molar-refractivity contribution in [1.29, 1.82) is 0 Å². The maximum Gasteiger partial charge on any atom is 0.270 e. The molecule has 7 nitrogen and oxygen atoms in total. The van der Waals surface area contributed by atoms with Crippen LogP contribution in [0.15, 0.2) is 18.2 Å². The van der Waals surface area contributed by atoms with Gasteiger partial charge >= 0.3 is 0 Å². The minimum Gasteiger partial charge on any atom is -0.493 e. The molecule has 0 radical (unpaired) electrons. The first-order valence-electron chi connectivity index (χ1n) is 6.69. The number of ether oxygens (including phenoxy) is 1. The molecular weight excluding hydrogens is 276 g/mol. The van der Waals surface area contributed by atoms with Crippen molar-refractivity contribution >= 4 is 11.6 Å². The molecule has 21 heavy (non-hydrogen) atoms. The number of benzene rings is 1. The van der Waals surface area contributed by atoms with Crippen LogP contribution in [0.4, 0.5) is 5.69 Å². The number of hydrogen-bond acceptors (Lipinski definition) is 5. The van der Waals surface area contributed by atoms with Crippen molar-refractivity contribution in [2.24, 2.45) is 0 Å². The molecule has 1 atom stereocenters. The third kappa shape index (κ3) is 5.39. The van der Waals surface area contributed by atoms with Gasteiger partial charge in [-0.05, 0) is 26.8 Å². The minimum atomic E-state index is -0.899. The Balaban J connectivity index is 2.70. The van der Waals surface area contributed by atoms with Crippen LogP contribution in [0.2, 0.25) is 0 Å². The van der Waals surface area contributed by atoms with Crippen LogP contribution in [-0.2, 0) is 4.79 Å². The summed E-state index contributed by atoms with van der Waals surface area (Å²) >= 11 is 0. The van der Waals surface area contributed by atoms with E-state index in [4.69, 9.17) is 4.74 Å². The van der Waals surface area contributed by atoms with Crippen molar-refractivity contribution in [3.05, 3.63) is 33.9 Å². The monoisotopic (exact) mass is 296 g/mol. The fourth-order valence-electron chi connectivity index (χ4n) is 1.76. The van der Waals surface area contributed by atoms with E-state index in [0.29, 0.717) is 11.3 Å². The van der Waals surface area contributed by atoms with Gasteiger partial charge in [0.25, 0.3) is 5.69 Å². The topological polar surface area (TPSA) is 102 Å². The Morgan fingerprint density at radius 2 is 2.10 bits per heavy atom. The van der Waals surface area contributed by atoms with E-state index in [2.05, 4.69) is 5.32 Å². The zero-order valence-corrected chi connectivity index (χ0v) is 12.3. The number of non-ortho nitro benzene ring substituents is 1. The molecule has 0 aliphatic rings. The molecule has 0 saturated heterocycles. The molecule has 1 aromatic carbocycles. The van der Waals surface area contributed by atoms with E-state index in [9.17, 15) is 20.0 Å². The normalized spacial score (nSPS) is 12.0. The molecule has 7 heteroatoms. The Hall–Kier alpha value is -2.15.